The number of nitrogens with zero attached hydrogens (tertiary/aromatic N) is 1. The molecule has 0 aliphatic heterocycles. The number of non-ortho nitro benzene ring substituents is 1. The zero-order valence-electron chi connectivity index (χ0n) is 11.5. The Kier molecular flexibility index (Phi) is 4.21. The van der Waals surface area contributed by atoms with Crippen LogP contribution in [0.15, 0.2) is 18.2 Å². The Bertz CT molecular complexity index is 599. The normalized spacial score (nSPS) is 21.0. The van der Waals surface area contributed by atoms with E-state index in [0.717, 1.165) is 6.42 Å². The molecule has 1 aromatic rings. The van der Waals surface area contributed by atoms with Gasteiger partial charge >= 0.3 is 5.97 Å². The lowest BCUT2D eigenvalue weighted by atomic mass is 10.0. The van der Waals surface area contributed by atoms with Crippen molar-refractivity contribution in [3.8, 4) is 0 Å². The van der Waals surface area contributed by atoms with E-state index < -0.39 is 16.8 Å². The SMILES string of the molecule is Cc1cc([N+](=O)[O-])ccc1C(=O)N[C@@H]1CCC[C@@H]1C(=O)O. The summed E-state index contributed by atoms with van der Waals surface area (Å²) in [6.45, 7) is 1.62. The van der Waals surface area contributed by atoms with Crippen molar-refractivity contribution in [2.75, 3.05) is 0 Å². The van der Waals surface area contributed by atoms with Crippen molar-refractivity contribution in [2.45, 2.75) is 32.2 Å². The minimum Gasteiger partial charge on any atom is -0.481 e. The molecule has 112 valence electrons. The van der Waals surface area contributed by atoms with Crippen LogP contribution in [-0.4, -0.2) is 27.9 Å². The number of carbonyl (C=O) groups excluding carboxylic acids is 1. The van der Waals surface area contributed by atoms with Crippen molar-refractivity contribution in [1.82, 2.24) is 5.32 Å². The highest BCUT2D eigenvalue weighted by Gasteiger charge is 2.34. The molecule has 0 bridgehead atoms. The third-order valence-corrected chi connectivity index (χ3v) is 3.82. The molecule has 7 nitrogen and oxygen atoms in total. The number of benzene rings is 1. The first-order valence-corrected chi connectivity index (χ1v) is 6.69. The maximum Gasteiger partial charge on any atom is 0.308 e. The lowest BCUT2D eigenvalue weighted by Gasteiger charge is -2.18. The largest absolute Gasteiger partial charge is 0.481 e. The van der Waals surface area contributed by atoms with Gasteiger partial charge in [-0.1, -0.05) is 6.42 Å². The Morgan fingerprint density at radius 1 is 1.38 bits per heavy atom. The van der Waals surface area contributed by atoms with Crippen LogP contribution in [0.1, 0.15) is 35.2 Å². The molecule has 7 heteroatoms. The van der Waals surface area contributed by atoms with Crippen LogP contribution in [0, 0.1) is 23.0 Å². The third-order valence-electron chi connectivity index (χ3n) is 3.82. The fourth-order valence-electron chi connectivity index (χ4n) is 2.69. The van der Waals surface area contributed by atoms with E-state index in [1.165, 1.54) is 18.2 Å². The molecular weight excluding hydrogens is 276 g/mol. The van der Waals surface area contributed by atoms with Gasteiger partial charge in [0.15, 0.2) is 0 Å². The van der Waals surface area contributed by atoms with Crippen LogP contribution >= 0.6 is 0 Å². The lowest BCUT2D eigenvalue weighted by molar-refractivity contribution is -0.384. The van der Waals surface area contributed by atoms with Gasteiger partial charge in [0.05, 0.1) is 10.8 Å². The summed E-state index contributed by atoms with van der Waals surface area (Å²) in [7, 11) is 0. The summed E-state index contributed by atoms with van der Waals surface area (Å²) in [5, 5.41) is 22.5. The minimum atomic E-state index is -0.904. The summed E-state index contributed by atoms with van der Waals surface area (Å²) in [6.07, 6.45) is 1.95. The summed E-state index contributed by atoms with van der Waals surface area (Å²) >= 11 is 0. The van der Waals surface area contributed by atoms with Gasteiger partial charge in [0, 0.05) is 23.7 Å². The molecule has 1 aliphatic carbocycles. The number of carboxylic acid groups (broad SMARTS) is 1. The summed E-state index contributed by atoms with van der Waals surface area (Å²) in [6, 6.07) is 3.61. The molecule has 0 saturated heterocycles. The zero-order chi connectivity index (χ0) is 15.6. The lowest BCUT2D eigenvalue weighted by Crippen LogP contribution is -2.40. The van der Waals surface area contributed by atoms with E-state index in [1.807, 2.05) is 0 Å². The number of nitro groups is 1. The van der Waals surface area contributed by atoms with Crippen molar-refractivity contribution >= 4 is 17.6 Å². The van der Waals surface area contributed by atoms with Crippen molar-refractivity contribution in [3.63, 3.8) is 0 Å². The number of amides is 1. The van der Waals surface area contributed by atoms with Crippen LogP contribution in [0.4, 0.5) is 5.69 Å². The second kappa shape index (κ2) is 5.90. The molecule has 0 heterocycles. The Balaban J connectivity index is 2.13. The van der Waals surface area contributed by atoms with Gasteiger partial charge in [-0.2, -0.15) is 0 Å². The van der Waals surface area contributed by atoms with Crippen molar-refractivity contribution in [3.05, 3.63) is 39.4 Å². The molecule has 2 rings (SSSR count). The highest BCUT2D eigenvalue weighted by atomic mass is 16.6. The molecule has 1 aliphatic rings. The Morgan fingerprint density at radius 3 is 2.67 bits per heavy atom. The first-order valence-electron chi connectivity index (χ1n) is 6.69. The van der Waals surface area contributed by atoms with Crippen LogP contribution in [0.2, 0.25) is 0 Å². The molecule has 0 radical (unpaired) electrons. The number of nitro benzene ring substituents is 1. The van der Waals surface area contributed by atoms with E-state index >= 15 is 0 Å². The number of hydrogen-bond donors (Lipinski definition) is 2. The number of aliphatic carboxylic acids is 1. The van der Waals surface area contributed by atoms with E-state index in [2.05, 4.69) is 5.32 Å². The van der Waals surface area contributed by atoms with Crippen LogP contribution in [-0.2, 0) is 4.79 Å². The molecule has 0 spiro atoms. The highest BCUT2D eigenvalue weighted by molar-refractivity contribution is 5.96. The smallest absolute Gasteiger partial charge is 0.308 e. The minimum absolute atomic E-state index is 0.0756. The predicted molar refractivity (Wildman–Crippen MR) is 74.1 cm³/mol. The first kappa shape index (κ1) is 15.0. The molecule has 21 heavy (non-hydrogen) atoms. The second-order valence-corrected chi connectivity index (χ2v) is 5.21. The average molecular weight is 292 g/mol. The van der Waals surface area contributed by atoms with Crippen LogP contribution in [0.25, 0.3) is 0 Å². The summed E-state index contributed by atoms with van der Waals surface area (Å²) in [5.41, 5.74) is 0.747. The summed E-state index contributed by atoms with van der Waals surface area (Å²) in [5.74, 6) is -1.86. The molecular formula is C14H16N2O5. The standard InChI is InChI=1S/C14H16N2O5/c1-8-7-9(16(20)21)5-6-10(8)13(17)15-12-4-2-3-11(12)14(18)19/h5-7,11-12H,2-4H2,1H3,(H,15,17)(H,18,19)/t11-,12+/m0/s1. The molecule has 1 saturated carbocycles. The third kappa shape index (κ3) is 3.18. The Labute approximate surface area is 121 Å². The topological polar surface area (TPSA) is 110 Å². The zero-order valence-corrected chi connectivity index (χ0v) is 11.5. The molecule has 0 unspecified atom stereocenters. The van der Waals surface area contributed by atoms with E-state index in [4.69, 9.17) is 5.11 Å². The second-order valence-electron chi connectivity index (χ2n) is 5.21. The van der Waals surface area contributed by atoms with Crippen LogP contribution in [0.5, 0.6) is 0 Å². The monoisotopic (exact) mass is 292 g/mol. The van der Waals surface area contributed by atoms with Crippen LogP contribution < -0.4 is 5.32 Å². The number of aryl methyl sites for hydroxylation is 1. The number of hydrogen-bond acceptors (Lipinski definition) is 4. The van der Waals surface area contributed by atoms with Crippen molar-refractivity contribution < 1.29 is 19.6 Å². The van der Waals surface area contributed by atoms with Crippen molar-refractivity contribution in [1.29, 1.82) is 0 Å². The molecule has 0 aromatic heterocycles. The van der Waals surface area contributed by atoms with Gasteiger partial charge in [-0.15, -0.1) is 0 Å². The molecule has 1 aromatic carbocycles. The number of carboxylic acids is 1. The Morgan fingerprint density at radius 2 is 2.10 bits per heavy atom. The van der Waals surface area contributed by atoms with Gasteiger partial charge in [-0.25, -0.2) is 0 Å². The average Bonchev–Trinajstić information content (AvgIpc) is 2.86. The van der Waals surface area contributed by atoms with Gasteiger partial charge in [0.1, 0.15) is 0 Å². The van der Waals surface area contributed by atoms with E-state index in [1.54, 1.807) is 6.92 Å². The molecule has 1 fully saturated rings. The van der Waals surface area contributed by atoms with E-state index in [0.29, 0.717) is 24.0 Å². The van der Waals surface area contributed by atoms with E-state index in [9.17, 15) is 19.7 Å². The van der Waals surface area contributed by atoms with E-state index in [-0.39, 0.29) is 17.6 Å². The highest BCUT2D eigenvalue weighted by Crippen LogP contribution is 2.26. The van der Waals surface area contributed by atoms with Gasteiger partial charge in [0.25, 0.3) is 11.6 Å². The fraction of sp³-hybridized carbons (Fsp3) is 0.429. The number of rotatable bonds is 4. The molecule has 1 amide bonds. The van der Waals surface area contributed by atoms with Gasteiger partial charge in [0.2, 0.25) is 0 Å². The van der Waals surface area contributed by atoms with Gasteiger partial charge in [-0.3, -0.25) is 19.7 Å². The summed E-state index contributed by atoms with van der Waals surface area (Å²) in [4.78, 5) is 33.4. The number of carbonyl (C=O) groups is 2. The van der Waals surface area contributed by atoms with Gasteiger partial charge < -0.3 is 10.4 Å². The van der Waals surface area contributed by atoms with Gasteiger partial charge in [-0.05, 0) is 31.4 Å². The predicted octanol–water partition coefficient (Wildman–Crippen LogP) is 1.89. The fourth-order valence-corrected chi connectivity index (χ4v) is 2.69. The maximum atomic E-state index is 12.2. The van der Waals surface area contributed by atoms with Crippen LogP contribution in [0.3, 0.4) is 0 Å². The Hall–Kier alpha value is -2.44. The molecule has 2 N–H and O–H groups in total. The number of nitrogens with one attached hydrogen (secondary N) is 1. The van der Waals surface area contributed by atoms with Crippen molar-refractivity contribution in [2.24, 2.45) is 5.92 Å². The first-order chi connectivity index (χ1) is 9.90. The quantitative estimate of drug-likeness (QED) is 0.650. The summed E-state index contributed by atoms with van der Waals surface area (Å²) < 4.78 is 0. The maximum absolute atomic E-state index is 12.2. The molecule has 2 atom stereocenters.